The second kappa shape index (κ2) is 9.94. The highest BCUT2D eigenvalue weighted by Crippen LogP contribution is 2.25. The molecule has 7 nitrogen and oxygen atoms in total. The largest absolute Gasteiger partial charge is 0.336 e. The molecule has 4 rings (SSSR count). The second-order valence-electron chi connectivity index (χ2n) is 8.26. The molecule has 2 fully saturated rings. The van der Waals surface area contributed by atoms with Crippen molar-refractivity contribution in [1.29, 1.82) is 0 Å². The summed E-state index contributed by atoms with van der Waals surface area (Å²) in [5, 5.41) is 3.21. The highest BCUT2D eigenvalue weighted by atomic mass is 32.2. The lowest BCUT2D eigenvalue weighted by Crippen LogP contribution is -2.48. The number of carbonyl (C=O) groups is 1. The predicted molar refractivity (Wildman–Crippen MR) is 122 cm³/mol. The fourth-order valence-corrected chi connectivity index (χ4v) is 6.53. The molecule has 0 spiro atoms. The van der Waals surface area contributed by atoms with Gasteiger partial charge in [0.1, 0.15) is 10.7 Å². The average Bonchev–Trinajstić information content (AvgIpc) is 3.27. The van der Waals surface area contributed by atoms with Crippen molar-refractivity contribution in [1.82, 2.24) is 19.1 Å². The minimum absolute atomic E-state index is 0.211. The monoisotopic (exact) mass is 480 g/mol. The normalized spacial score (nSPS) is 18.8. The Hall–Kier alpha value is -1.88. The summed E-state index contributed by atoms with van der Waals surface area (Å²) in [5.41, 5.74) is 1.26. The number of benzene rings is 1. The average molecular weight is 481 g/mol. The molecule has 0 atom stereocenters. The number of aromatic nitrogens is 1. The van der Waals surface area contributed by atoms with Crippen LogP contribution in [-0.4, -0.2) is 72.7 Å². The molecule has 1 amide bonds. The SMILES string of the molecule is CCc1nc(CN2CCN(C(=O)c3ccc(F)c(S(=O)(=O)N4CCCCC4)c3)CC2)cs1. The number of nitrogens with zero attached hydrogens (tertiary/aromatic N) is 4. The first-order valence-corrected chi connectivity index (χ1v) is 13.4. The summed E-state index contributed by atoms with van der Waals surface area (Å²) in [6.07, 6.45) is 3.44. The summed E-state index contributed by atoms with van der Waals surface area (Å²) in [6.45, 7) is 6.13. The first-order chi connectivity index (χ1) is 15.4. The topological polar surface area (TPSA) is 73.8 Å². The molecule has 0 N–H and O–H groups in total. The number of thiazole rings is 1. The van der Waals surface area contributed by atoms with Gasteiger partial charge in [-0.3, -0.25) is 9.69 Å². The van der Waals surface area contributed by atoms with Gasteiger partial charge < -0.3 is 4.90 Å². The van der Waals surface area contributed by atoms with Crippen molar-refractivity contribution in [2.24, 2.45) is 0 Å². The fourth-order valence-electron chi connectivity index (χ4n) is 4.18. The number of piperazine rings is 1. The maximum atomic E-state index is 14.5. The number of sulfonamides is 1. The Balaban J connectivity index is 1.42. The van der Waals surface area contributed by atoms with Crippen LogP contribution in [0.2, 0.25) is 0 Å². The number of aryl methyl sites for hydroxylation is 1. The van der Waals surface area contributed by atoms with E-state index in [9.17, 15) is 17.6 Å². The molecule has 0 aliphatic carbocycles. The standard InChI is InChI=1S/C22H29FN4O3S2/c1-2-21-24-18(16-31-21)15-25-10-12-26(13-11-25)22(28)17-6-7-19(23)20(14-17)32(29,30)27-8-4-3-5-9-27/h6-7,14,16H,2-5,8-13,15H2,1H3. The lowest BCUT2D eigenvalue weighted by molar-refractivity contribution is 0.0627. The quantitative estimate of drug-likeness (QED) is 0.636. The van der Waals surface area contributed by atoms with Crippen LogP contribution in [0.3, 0.4) is 0 Å². The van der Waals surface area contributed by atoms with E-state index in [4.69, 9.17) is 0 Å². The van der Waals surface area contributed by atoms with Gasteiger partial charge in [0, 0.05) is 56.8 Å². The summed E-state index contributed by atoms with van der Waals surface area (Å²) >= 11 is 1.67. The molecule has 2 aromatic rings. The molecule has 0 unspecified atom stereocenters. The molecule has 1 aromatic heterocycles. The van der Waals surface area contributed by atoms with Crippen LogP contribution in [0.15, 0.2) is 28.5 Å². The number of halogens is 1. The van der Waals surface area contributed by atoms with Crippen LogP contribution in [0.5, 0.6) is 0 Å². The molecule has 10 heteroatoms. The minimum atomic E-state index is -3.95. The Labute approximate surface area is 192 Å². The summed E-state index contributed by atoms with van der Waals surface area (Å²) < 4.78 is 41.7. The number of amides is 1. The Morgan fingerprint density at radius 1 is 1.09 bits per heavy atom. The van der Waals surface area contributed by atoms with Crippen molar-refractivity contribution in [3.8, 4) is 0 Å². The first kappa shape index (κ1) is 23.3. The van der Waals surface area contributed by atoms with E-state index in [1.165, 1.54) is 16.4 Å². The summed E-state index contributed by atoms with van der Waals surface area (Å²) in [4.78, 5) is 21.2. The zero-order valence-corrected chi connectivity index (χ0v) is 19.9. The van der Waals surface area contributed by atoms with Crippen LogP contribution < -0.4 is 0 Å². The summed E-state index contributed by atoms with van der Waals surface area (Å²) in [6, 6.07) is 3.67. The first-order valence-electron chi connectivity index (χ1n) is 11.1. The highest BCUT2D eigenvalue weighted by molar-refractivity contribution is 7.89. The number of piperidine rings is 1. The van der Waals surface area contributed by atoms with E-state index in [1.54, 1.807) is 16.2 Å². The van der Waals surface area contributed by atoms with Crippen LogP contribution in [-0.2, 0) is 23.0 Å². The fraction of sp³-hybridized carbons (Fsp3) is 0.545. The Bertz CT molecular complexity index is 1060. The maximum Gasteiger partial charge on any atom is 0.253 e. The van der Waals surface area contributed by atoms with Gasteiger partial charge in [-0.25, -0.2) is 17.8 Å². The number of carbonyl (C=O) groups excluding carboxylic acids is 1. The molecular weight excluding hydrogens is 451 g/mol. The van der Waals surface area contributed by atoms with Crippen molar-refractivity contribution < 1.29 is 17.6 Å². The van der Waals surface area contributed by atoms with E-state index >= 15 is 0 Å². The molecule has 1 aromatic carbocycles. The Morgan fingerprint density at radius 3 is 2.47 bits per heavy atom. The van der Waals surface area contributed by atoms with E-state index < -0.39 is 20.7 Å². The molecule has 2 saturated heterocycles. The van der Waals surface area contributed by atoms with E-state index in [-0.39, 0.29) is 11.5 Å². The van der Waals surface area contributed by atoms with Crippen molar-refractivity contribution in [2.75, 3.05) is 39.3 Å². The molecule has 32 heavy (non-hydrogen) atoms. The zero-order valence-electron chi connectivity index (χ0n) is 18.3. The third-order valence-electron chi connectivity index (χ3n) is 6.06. The molecule has 2 aliphatic rings. The molecule has 0 saturated carbocycles. The van der Waals surface area contributed by atoms with Gasteiger partial charge in [-0.15, -0.1) is 11.3 Å². The Morgan fingerprint density at radius 2 is 1.81 bits per heavy atom. The Kier molecular flexibility index (Phi) is 7.24. The lowest BCUT2D eigenvalue weighted by Gasteiger charge is -2.34. The van der Waals surface area contributed by atoms with E-state index in [2.05, 4.69) is 22.2 Å². The van der Waals surface area contributed by atoms with Crippen molar-refractivity contribution in [3.63, 3.8) is 0 Å². The molecule has 0 bridgehead atoms. The third kappa shape index (κ3) is 5.03. The number of hydrogen-bond donors (Lipinski definition) is 0. The van der Waals surface area contributed by atoms with Crippen LogP contribution >= 0.6 is 11.3 Å². The van der Waals surface area contributed by atoms with Gasteiger partial charge in [-0.1, -0.05) is 13.3 Å². The molecule has 0 radical (unpaired) electrons. The predicted octanol–water partition coefficient (Wildman–Crippen LogP) is 2.98. The van der Waals surface area contributed by atoms with Crippen molar-refractivity contribution >= 4 is 27.3 Å². The van der Waals surface area contributed by atoms with Crippen LogP contribution in [0.25, 0.3) is 0 Å². The summed E-state index contributed by atoms with van der Waals surface area (Å²) in [5.74, 6) is -1.08. The van der Waals surface area contributed by atoms with Gasteiger partial charge in [0.25, 0.3) is 5.91 Å². The van der Waals surface area contributed by atoms with Gasteiger partial charge >= 0.3 is 0 Å². The van der Waals surface area contributed by atoms with E-state index in [0.29, 0.717) is 39.3 Å². The van der Waals surface area contributed by atoms with Crippen LogP contribution in [0.4, 0.5) is 4.39 Å². The lowest BCUT2D eigenvalue weighted by atomic mass is 10.1. The molecule has 174 valence electrons. The van der Waals surface area contributed by atoms with Gasteiger partial charge in [0.05, 0.1) is 10.7 Å². The van der Waals surface area contributed by atoms with Gasteiger partial charge in [0.2, 0.25) is 10.0 Å². The zero-order chi connectivity index (χ0) is 22.7. The summed E-state index contributed by atoms with van der Waals surface area (Å²) in [7, 11) is -3.95. The minimum Gasteiger partial charge on any atom is -0.336 e. The van der Waals surface area contributed by atoms with Crippen molar-refractivity contribution in [2.45, 2.75) is 44.0 Å². The van der Waals surface area contributed by atoms with Gasteiger partial charge in [-0.05, 0) is 37.5 Å². The third-order valence-corrected chi connectivity index (χ3v) is 9.01. The second-order valence-corrected chi connectivity index (χ2v) is 11.1. The number of rotatable bonds is 6. The van der Waals surface area contributed by atoms with Crippen LogP contribution in [0.1, 0.15) is 47.2 Å². The highest BCUT2D eigenvalue weighted by Gasteiger charge is 2.30. The van der Waals surface area contributed by atoms with Gasteiger partial charge in [-0.2, -0.15) is 4.31 Å². The van der Waals surface area contributed by atoms with E-state index in [0.717, 1.165) is 49.0 Å². The molecule has 3 heterocycles. The van der Waals surface area contributed by atoms with E-state index in [1.807, 2.05) is 0 Å². The maximum absolute atomic E-state index is 14.5. The molecular formula is C22H29FN4O3S2. The van der Waals surface area contributed by atoms with Gasteiger partial charge in [0.15, 0.2) is 0 Å². The van der Waals surface area contributed by atoms with Crippen LogP contribution in [0, 0.1) is 5.82 Å². The smallest absolute Gasteiger partial charge is 0.253 e. The molecule has 2 aliphatic heterocycles. The number of hydrogen-bond acceptors (Lipinski definition) is 6. The van der Waals surface area contributed by atoms with Crippen molar-refractivity contribution in [3.05, 3.63) is 45.7 Å².